The van der Waals surface area contributed by atoms with Crippen molar-refractivity contribution in [3.05, 3.63) is 23.9 Å². The Hall–Kier alpha value is -1.09. The highest BCUT2D eigenvalue weighted by Gasteiger charge is 2.16. The van der Waals surface area contributed by atoms with E-state index in [1.54, 1.807) is 0 Å². The van der Waals surface area contributed by atoms with E-state index in [0.29, 0.717) is 0 Å². The minimum absolute atomic E-state index is 0.0785. The van der Waals surface area contributed by atoms with Crippen LogP contribution in [0.15, 0.2) is 18.3 Å². The normalized spacial score (nSPS) is 18.6. The van der Waals surface area contributed by atoms with Crippen LogP contribution in [0, 0.1) is 5.92 Å². The monoisotopic (exact) mass is 247 g/mol. The van der Waals surface area contributed by atoms with Crippen LogP contribution in [0.4, 0.5) is 5.82 Å². The van der Waals surface area contributed by atoms with Gasteiger partial charge in [-0.2, -0.15) is 0 Å². The summed E-state index contributed by atoms with van der Waals surface area (Å²) < 4.78 is 0. The molecule has 1 heterocycles. The van der Waals surface area contributed by atoms with Crippen molar-refractivity contribution in [3.63, 3.8) is 0 Å². The molecule has 18 heavy (non-hydrogen) atoms. The molecule has 0 radical (unpaired) electrons. The maximum absolute atomic E-state index is 5.92. The second kappa shape index (κ2) is 6.19. The Balaban J connectivity index is 1.99. The van der Waals surface area contributed by atoms with Gasteiger partial charge in [0.05, 0.1) is 0 Å². The Morgan fingerprint density at radius 3 is 2.78 bits per heavy atom. The molecule has 2 N–H and O–H groups in total. The predicted molar refractivity (Wildman–Crippen MR) is 76.7 cm³/mol. The molecular weight excluding hydrogens is 222 g/mol. The van der Waals surface area contributed by atoms with Crippen molar-refractivity contribution in [1.82, 2.24) is 4.98 Å². The number of nitrogens with two attached hydrogens (primary N) is 1. The summed E-state index contributed by atoms with van der Waals surface area (Å²) in [4.78, 5) is 6.74. The molecule has 100 valence electrons. The molecule has 1 saturated carbocycles. The Morgan fingerprint density at radius 2 is 2.11 bits per heavy atom. The molecule has 1 aromatic rings. The zero-order valence-corrected chi connectivity index (χ0v) is 11.6. The lowest BCUT2D eigenvalue weighted by atomic mass is 9.89. The molecule has 1 aliphatic carbocycles. The van der Waals surface area contributed by atoms with E-state index in [1.165, 1.54) is 32.1 Å². The van der Waals surface area contributed by atoms with Crippen LogP contribution in [-0.2, 0) is 0 Å². The summed E-state index contributed by atoms with van der Waals surface area (Å²) in [5.74, 6) is 1.89. The van der Waals surface area contributed by atoms with Crippen molar-refractivity contribution in [3.8, 4) is 0 Å². The van der Waals surface area contributed by atoms with Crippen LogP contribution in [0.5, 0.6) is 0 Å². The Morgan fingerprint density at radius 1 is 1.39 bits per heavy atom. The van der Waals surface area contributed by atoms with Crippen molar-refractivity contribution in [2.45, 2.75) is 45.1 Å². The van der Waals surface area contributed by atoms with E-state index in [-0.39, 0.29) is 6.04 Å². The van der Waals surface area contributed by atoms with Crippen LogP contribution < -0.4 is 10.6 Å². The Kier molecular flexibility index (Phi) is 4.59. The van der Waals surface area contributed by atoms with Gasteiger partial charge < -0.3 is 10.6 Å². The van der Waals surface area contributed by atoms with Gasteiger partial charge in [-0.25, -0.2) is 4.98 Å². The lowest BCUT2D eigenvalue weighted by Crippen LogP contribution is -2.27. The summed E-state index contributed by atoms with van der Waals surface area (Å²) in [6.45, 7) is 3.13. The van der Waals surface area contributed by atoms with Crippen LogP contribution in [0.3, 0.4) is 0 Å². The molecule has 0 amide bonds. The minimum atomic E-state index is 0.0785. The average Bonchev–Trinajstić information content (AvgIpc) is 2.40. The first-order chi connectivity index (χ1) is 8.66. The quantitative estimate of drug-likeness (QED) is 0.889. The highest BCUT2D eigenvalue weighted by atomic mass is 15.2. The van der Waals surface area contributed by atoms with Crippen molar-refractivity contribution in [2.75, 3.05) is 18.5 Å². The molecule has 3 nitrogen and oxygen atoms in total. The largest absolute Gasteiger partial charge is 0.359 e. The molecule has 0 saturated heterocycles. The van der Waals surface area contributed by atoms with Gasteiger partial charge in [-0.1, -0.05) is 19.3 Å². The summed E-state index contributed by atoms with van der Waals surface area (Å²) in [5.41, 5.74) is 7.08. The molecule has 1 aliphatic rings. The first-order valence-electron chi connectivity index (χ1n) is 7.09. The highest BCUT2D eigenvalue weighted by molar-refractivity contribution is 5.40. The second-order valence-corrected chi connectivity index (χ2v) is 5.62. The molecule has 0 spiro atoms. The lowest BCUT2D eigenvalue weighted by molar-refractivity contribution is 0.361. The summed E-state index contributed by atoms with van der Waals surface area (Å²) >= 11 is 0. The molecule has 0 aromatic carbocycles. The first kappa shape index (κ1) is 13.3. The summed E-state index contributed by atoms with van der Waals surface area (Å²) in [7, 11) is 2.14. The number of hydrogen-bond acceptors (Lipinski definition) is 3. The van der Waals surface area contributed by atoms with Gasteiger partial charge in [0.15, 0.2) is 0 Å². The van der Waals surface area contributed by atoms with E-state index in [4.69, 9.17) is 5.73 Å². The third-order valence-electron chi connectivity index (χ3n) is 3.94. The van der Waals surface area contributed by atoms with Gasteiger partial charge in [-0.3, -0.25) is 0 Å². The Labute approximate surface area is 110 Å². The van der Waals surface area contributed by atoms with E-state index < -0.39 is 0 Å². The van der Waals surface area contributed by atoms with Gasteiger partial charge in [0.25, 0.3) is 0 Å². The molecule has 2 rings (SSSR count). The average molecular weight is 247 g/mol. The van der Waals surface area contributed by atoms with Gasteiger partial charge in [0.1, 0.15) is 5.82 Å². The van der Waals surface area contributed by atoms with Crippen molar-refractivity contribution in [2.24, 2.45) is 11.7 Å². The fraction of sp³-hybridized carbons (Fsp3) is 0.667. The molecule has 0 aliphatic heterocycles. The minimum Gasteiger partial charge on any atom is -0.359 e. The van der Waals surface area contributed by atoms with Crippen molar-refractivity contribution in [1.29, 1.82) is 0 Å². The number of pyridine rings is 1. The van der Waals surface area contributed by atoms with Gasteiger partial charge in [-0.05, 0) is 43.4 Å². The smallest absolute Gasteiger partial charge is 0.128 e. The van der Waals surface area contributed by atoms with Crippen LogP contribution >= 0.6 is 0 Å². The van der Waals surface area contributed by atoms with Crippen molar-refractivity contribution >= 4 is 5.82 Å². The first-order valence-corrected chi connectivity index (χ1v) is 7.09. The van der Waals surface area contributed by atoms with Gasteiger partial charge in [0, 0.05) is 25.8 Å². The fourth-order valence-corrected chi connectivity index (χ4v) is 2.78. The second-order valence-electron chi connectivity index (χ2n) is 5.62. The summed E-state index contributed by atoms with van der Waals surface area (Å²) in [6, 6.07) is 4.20. The number of rotatable bonds is 4. The number of hydrogen-bond donors (Lipinski definition) is 1. The maximum atomic E-state index is 5.92. The number of anilines is 1. The molecule has 1 aromatic heterocycles. The summed E-state index contributed by atoms with van der Waals surface area (Å²) in [5, 5.41) is 0. The van der Waals surface area contributed by atoms with Gasteiger partial charge >= 0.3 is 0 Å². The van der Waals surface area contributed by atoms with E-state index in [9.17, 15) is 0 Å². The van der Waals surface area contributed by atoms with Gasteiger partial charge in [0.2, 0.25) is 0 Å². The van der Waals surface area contributed by atoms with E-state index >= 15 is 0 Å². The molecule has 0 unspecified atom stereocenters. The van der Waals surface area contributed by atoms with E-state index in [1.807, 2.05) is 19.2 Å². The van der Waals surface area contributed by atoms with Crippen LogP contribution in [0.1, 0.15) is 50.6 Å². The third-order valence-corrected chi connectivity index (χ3v) is 3.94. The van der Waals surface area contributed by atoms with Gasteiger partial charge in [-0.15, -0.1) is 0 Å². The van der Waals surface area contributed by atoms with Crippen molar-refractivity contribution < 1.29 is 0 Å². The highest BCUT2D eigenvalue weighted by Crippen LogP contribution is 2.25. The SMILES string of the molecule is C[C@@H](N)c1ccnc(N(C)CC2CCCCC2)c1. The van der Waals surface area contributed by atoms with Crippen LogP contribution in [-0.4, -0.2) is 18.6 Å². The molecule has 1 fully saturated rings. The lowest BCUT2D eigenvalue weighted by Gasteiger charge is -2.28. The molecule has 1 atom stereocenters. The maximum Gasteiger partial charge on any atom is 0.128 e. The van der Waals surface area contributed by atoms with Crippen LogP contribution in [0.25, 0.3) is 0 Å². The topological polar surface area (TPSA) is 42.1 Å². The number of aromatic nitrogens is 1. The molecule has 3 heteroatoms. The zero-order chi connectivity index (χ0) is 13.0. The predicted octanol–water partition coefficient (Wildman–Crippen LogP) is 3.12. The van der Waals surface area contributed by atoms with E-state index in [2.05, 4.69) is 23.0 Å². The van der Waals surface area contributed by atoms with E-state index in [0.717, 1.165) is 23.8 Å². The standard InChI is InChI=1S/C15H25N3/c1-12(16)14-8-9-17-15(10-14)18(2)11-13-6-4-3-5-7-13/h8-10,12-13H,3-7,11,16H2,1-2H3/t12-/m1/s1. The Bertz CT molecular complexity index is 370. The molecule has 0 bridgehead atoms. The summed E-state index contributed by atoms with van der Waals surface area (Å²) in [6.07, 6.45) is 8.82. The third kappa shape index (κ3) is 3.45. The fourth-order valence-electron chi connectivity index (χ4n) is 2.78. The number of nitrogens with zero attached hydrogens (tertiary/aromatic N) is 2. The molecular formula is C15H25N3. The van der Waals surface area contributed by atoms with Crippen LogP contribution in [0.2, 0.25) is 0 Å². The zero-order valence-electron chi connectivity index (χ0n) is 11.6.